The van der Waals surface area contributed by atoms with E-state index in [-0.39, 0.29) is 22.9 Å². The first-order chi connectivity index (χ1) is 19.5. The summed E-state index contributed by atoms with van der Waals surface area (Å²) in [5, 5.41) is 7.66. The maximum atomic E-state index is 14.8. The van der Waals surface area contributed by atoms with Crippen LogP contribution in [0.25, 0.3) is 10.9 Å². The summed E-state index contributed by atoms with van der Waals surface area (Å²) < 4.78 is 106. The number of benzene rings is 2. The van der Waals surface area contributed by atoms with Gasteiger partial charge in [-0.3, -0.25) is 9.67 Å². The SMILES string of the molecule is C=N/C(=N\C(=C\OC)Nc1ccncc1)c1nn(Cc2c(F)c(F)c(OCC(F)(F)F)c(F)c2F)c2ccccc12. The van der Waals surface area contributed by atoms with Crippen LogP contribution in [0.5, 0.6) is 5.75 Å². The van der Waals surface area contributed by atoms with Gasteiger partial charge in [0.2, 0.25) is 11.6 Å². The van der Waals surface area contributed by atoms with E-state index < -0.39 is 53.9 Å². The van der Waals surface area contributed by atoms with Crippen molar-refractivity contribution in [3.63, 3.8) is 0 Å². The van der Waals surface area contributed by atoms with Gasteiger partial charge in [0.15, 0.2) is 35.6 Å². The summed E-state index contributed by atoms with van der Waals surface area (Å²) in [6.45, 7) is 0.495. The summed E-state index contributed by atoms with van der Waals surface area (Å²) >= 11 is 0. The highest BCUT2D eigenvalue weighted by Gasteiger charge is 2.33. The average molecular weight is 580 g/mol. The molecule has 0 spiro atoms. The molecule has 0 aliphatic heterocycles. The second-order valence-corrected chi connectivity index (χ2v) is 8.18. The number of nitrogens with one attached hydrogen (secondary N) is 1. The Labute approximate surface area is 227 Å². The molecular weight excluding hydrogens is 561 g/mol. The predicted octanol–water partition coefficient (Wildman–Crippen LogP) is 5.98. The Hall–Kier alpha value is -4.95. The number of methoxy groups -OCH3 is 1. The maximum absolute atomic E-state index is 14.8. The fourth-order valence-corrected chi connectivity index (χ4v) is 3.70. The molecule has 214 valence electrons. The Morgan fingerprint density at radius 1 is 1.02 bits per heavy atom. The number of amidine groups is 1. The molecule has 2 aromatic heterocycles. The molecule has 0 unspecified atom stereocenters. The summed E-state index contributed by atoms with van der Waals surface area (Å²) in [5.74, 6) is -9.83. The number of halogens is 7. The van der Waals surface area contributed by atoms with Crippen LogP contribution < -0.4 is 10.1 Å². The molecule has 15 heteroatoms. The zero-order valence-corrected chi connectivity index (χ0v) is 21.0. The number of alkyl halides is 3. The maximum Gasteiger partial charge on any atom is 0.422 e. The molecule has 1 N–H and O–H groups in total. The molecular formula is C26H19F7N6O2. The van der Waals surface area contributed by atoms with Gasteiger partial charge in [-0.1, -0.05) is 18.2 Å². The van der Waals surface area contributed by atoms with Crippen LogP contribution >= 0.6 is 0 Å². The smallest absolute Gasteiger partial charge is 0.422 e. The molecule has 41 heavy (non-hydrogen) atoms. The van der Waals surface area contributed by atoms with Gasteiger partial charge < -0.3 is 14.8 Å². The summed E-state index contributed by atoms with van der Waals surface area (Å²) in [4.78, 5) is 12.2. The van der Waals surface area contributed by atoms with Crippen LogP contribution in [-0.4, -0.2) is 47.2 Å². The molecule has 0 bridgehead atoms. The fourth-order valence-electron chi connectivity index (χ4n) is 3.70. The monoisotopic (exact) mass is 580 g/mol. The quantitative estimate of drug-likeness (QED) is 0.0866. The summed E-state index contributed by atoms with van der Waals surface area (Å²) in [7, 11) is 1.38. The fraction of sp³-hybridized carbons (Fsp3) is 0.154. The zero-order valence-electron chi connectivity index (χ0n) is 21.0. The summed E-state index contributed by atoms with van der Waals surface area (Å²) in [5.41, 5.74) is -0.191. The molecule has 0 atom stereocenters. The lowest BCUT2D eigenvalue weighted by Crippen LogP contribution is -2.21. The third-order valence-electron chi connectivity index (χ3n) is 5.43. The second kappa shape index (κ2) is 12.1. The molecule has 4 rings (SSSR count). The zero-order chi connectivity index (χ0) is 29.7. The topological polar surface area (TPSA) is 85.9 Å². The molecule has 0 radical (unpaired) electrons. The molecule has 2 aromatic carbocycles. The van der Waals surface area contributed by atoms with E-state index in [2.05, 4.69) is 36.8 Å². The van der Waals surface area contributed by atoms with Gasteiger partial charge in [0.25, 0.3) is 0 Å². The van der Waals surface area contributed by atoms with Crippen LogP contribution in [0.1, 0.15) is 11.3 Å². The highest BCUT2D eigenvalue weighted by molar-refractivity contribution is 6.09. The molecule has 0 aliphatic carbocycles. The third-order valence-corrected chi connectivity index (χ3v) is 5.43. The highest BCUT2D eigenvalue weighted by Crippen LogP contribution is 2.32. The second-order valence-electron chi connectivity index (χ2n) is 8.18. The van der Waals surface area contributed by atoms with E-state index in [0.29, 0.717) is 11.1 Å². The third kappa shape index (κ3) is 6.45. The van der Waals surface area contributed by atoms with Crippen molar-refractivity contribution >= 4 is 29.1 Å². The Balaban J connectivity index is 1.76. The molecule has 0 amide bonds. The van der Waals surface area contributed by atoms with Crippen molar-refractivity contribution in [2.45, 2.75) is 12.7 Å². The summed E-state index contributed by atoms with van der Waals surface area (Å²) in [6.07, 6.45) is -0.655. The number of nitrogens with zero attached hydrogens (tertiary/aromatic N) is 5. The van der Waals surface area contributed by atoms with Gasteiger partial charge in [-0.25, -0.2) is 18.8 Å². The Bertz CT molecular complexity index is 1610. The highest BCUT2D eigenvalue weighted by atomic mass is 19.4. The lowest BCUT2D eigenvalue weighted by Gasteiger charge is -2.14. The van der Waals surface area contributed by atoms with Gasteiger partial charge in [0.1, 0.15) is 12.0 Å². The standard InChI is InChI=1S/C26H19F7N6O2/c1-34-25(37-18(12-40-2)36-14-7-9-35-10-8-14)23-15-5-3-4-6-17(15)39(38-23)11-16-19(27)21(29)24(22(30)20(16)28)41-13-26(31,32)33/h3-10,12H,1,11,13H2,2H3,(H,35,36)/b18-12+,37-25-. The van der Waals surface area contributed by atoms with Crippen LogP contribution in [0.4, 0.5) is 36.4 Å². The lowest BCUT2D eigenvalue weighted by atomic mass is 10.1. The number of rotatable bonds is 9. The minimum absolute atomic E-state index is 0.0565. The van der Waals surface area contributed by atoms with E-state index in [0.717, 1.165) is 4.68 Å². The first kappa shape index (κ1) is 29.0. The van der Waals surface area contributed by atoms with Crippen molar-refractivity contribution in [2.75, 3.05) is 19.0 Å². The van der Waals surface area contributed by atoms with Gasteiger partial charge in [-0.15, -0.1) is 0 Å². The number of ether oxygens (including phenoxy) is 2. The van der Waals surface area contributed by atoms with Crippen molar-refractivity contribution in [3.05, 3.63) is 95.4 Å². The normalized spacial score (nSPS) is 12.5. The Morgan fingerprint density at radius 2 is 1.68 bits per heavy atom. The number of para-hydroxylation sites is 1. The van der Waals surface area contributed by atoms with Gasteiger partial charge in [-0.2, -0.15) is 27.1 Å². The first-order valence-corrected chi connectivity index (χ1v) is 11.5. The molecule has 4 aromatic rings. The molecule has 0 saturated carbocycles. The number of anilines is 1. The van der Waals surface area contributed by atoms with Crippen molar-refractivity contribution < 1.29 is 40.2 Å². The van der Waals surface area contributed by atoms with Gasteiger partial charge in [0, 0.05) is 23.5 Å². The van der Waals surface area contributed by atoms with Crippen LogP contribution in [-0.2, 0) is 11.3 Å². The van der Waals surface area contributed by atoms with Crippen molar-refractivity contribution in [3.8, 4) is 5.75 Å². The van der Waals surface area contributed by atoms with Crippen LogP contribution in [0.2, 0.25) is 0 Å². The Morgan fingerprint density at radius 3 is 2.29 bits per heavy atom. The van der Waals surface area contributed by atoms with Gasteiger partial charge >= 0.3 is 6.18 Å². The van der Waals surface area contributed by atoms with E-state index in [1.165, 1.54) is 31.8 Å². The molecule has 2 heterocycles. The molecule has 0 saturated heterocycles. The number of pyridine rings is 1. The van der Waals surface area contributed by atoms with Crippen LogP contribution in [0.3, 0.4) is 0 Å². The number of hydrogen-bond acceptors (Lipinski definition) is 6. The van der Waals surface area contributed by atoms with Gasteiger partial charge in [0.05, 0.1) is 24.7 Å². The minimum Gasteiger partial charge on any atom is -0.501 e. The van der Waals surface area contributed by atoms with E-state index in [1.54, 1.807) is 30.3 Å². The molecule has 0 fully saturated rings. The van der Waals surface area contributed by atoms with E-state index in [9.17, 15) is 30.7 Å². The number of hydrogen-bond donors (Lipinski definition) is 1. The lowest BCUT2D eigenvalue weighted by molar-refractivity contribution is -0.154. The van der Waals surface area contributed by atoms with Crippen LogP contribution in [0, 0.1) is 23.3 Å². The minimum atomic E-state index is -5.00. The Kier molecular flexibility index (Phi) is 8.54. The number of aromatic nitrogens is 3. The molecule has 8 nitrogen and oxygen atoms in total. The van der Waals surface area contributed by atoms with E-state index in [1.807, 2.05) is 0 Å². The average Bonchev–Trinajstić information content (AvgIpc) is 3.31. The number of aliphatic imine (C=N–C) groups is 2. The van der Waals surface area contributed by atoms with E-state index in [4.69, 9.17) is 4.74 Å². The van der Waals surface area contributed by atoms with Crippen LogP contribution in [0.15, 0.2) is 70.9 Å². The van der Waals surface area contributed by atoms with Gasteiger partial charge in [-0.05, 0) is 24.9 Å². The van der Waals surface area contributed by atoms with E-state index >= 15 is 0 Å². The van der Waals surface area contributed by atoms with Crippen molar-refractivity contribution in [1.82, 2.24) is 14.8 Å². The predicted molar refractivity (Wildman–Crippen MR) is 136 cm³/mol. The largest absolute Gasteiger partial charge is 0.501 e. The molecule has 0 aliphatic rings. The number of fused-ring (bicyclic) bond motifs is 1. The first-order valence-electron chi connectivity index (χ1n) is 11.5. The summed E-state index contributed by atoms with van der Waals surface area (Å²) in [6, 6.07) is 9.62. The van der Waals surface area contributed by atoms with Crippen molar-refractivity contribution in [2.24, 2.45) is 9.98 Å². The van der Waals surface area contributed by atoms with Crippen molar-refractivity contribution in [1.29, 1.82) is 0 Å².